The summed E-state index contributed by atoms with van der Waals surface area (Å²) in [6, 6.07) is 8.64. The minimum atomic E-state index is -0.0770. The average Bonchev–Trinajstić information content (AvgIpc) is 2.34. The Kier molecular flexibility index (Phi) is 5.12. The van der Waals surface area contributed by atoms with Gasteiger partial charge in [-0.1, -0.05) is 23.7 Å². The number of nitrogens with one attached hydrogen (secondary N) is 1. The molecular weight excluding hydrogens is 286 g/mol. The van der Waals surface area contributed by atoms with Crippen molar-refractivity contribution in [3.8, 4) is 0 Å². The molecule has 0 aromatic heterocycles. The number of likely N-dealkylation sites (tertiary alicyclic amines) is 1. The second-order valence-electron chi connectivity index (χ2n) is 6.10. The van der Waals surface area contributed by atoms with E-state index < -0.39 is 0 Å². The van der Waals surface area contributed by atoms with Gasteiger partial charge in [-0.15, -0.1) is 0 Å². The standard InChI is InChI=1S/C16H24ClN3O/c1-11(2)20(12(3)4)13-9-19(10-13)16(21)18-15-8-6-5-7-14(15)17/h5-8,11-13H,9-10H2,1-4H3,(H,18,21). The van der Waals surface area contributed by atoms with E-state index >= 15 is 0 Å². The lowest BCUT2D eigenvalue weighted by molar-refractivity contribution is 0.0202. The number of urea groups is 1. The number of carbonyl (C=O) groups is 1. The van der Waals surface area contributed by atoms with Crippen LogP contribution in [0.25, 0.3) is 0 Å². The molecule has 2 rings (SSSR count). The Labute approximate surface area is 132 Å². The second-order valence-corrected chi connectivity index (χ2v) is 6.51. The first kappa shape index (κ1) is 16.1. The molecule has 5 heteroatoms. The fourth-order valence-electron chi connectivity index (χ4n) is 3.01. The monoisotopic (exact) mass is 309 g/mol. The Morgan fingerprint density at radius 2 is 1.81 bits per heavy atom. The zero-order valence-electron chi connectivity index (χ0n) is 13.1. The van der Waals surface area contributed by atoms with Crippen LogP contribution in [0.5, 0.6) is 0 Å². The second kappa shape index (κ2) is 6.67. The molecule has 116 valence electrons. The first-order valence-electron chi connectivity index (χ1n) is 7.48. The number of benzene rings is 1. The minimum absolute atomic E-state index is 0.0770. The lowest BCUT2D eigenvalue weighted by Gasteiger charge is -2.48. The van der Waals surface area contributed by atoms with Crippen molar-refractivity contribution in [2.24, 2.45) is 0 Å². The van der Waals surface area contributed by atoms with Crippen molar-refractivity contribution in [1.29, 1.82) is 0 Å². The zero-order valence-corrected chi connectivity index (χ0v) is 13.9. The van der Waals surface area contributed by atoms with Gasteiger partial charge >= 0.3 is 6.03 Å². The molecule has 0 aliphatic carbocycles. The van der Waals surface area contributed by atoms with Gasteiger partial charge in [0.1, 0.15) is 0 Å². The van der Waals surface area contributed by atoms with Crippen LogP contribution in [0.3, 0.4) is 0 Å². The lowest BCUT2D eigenvalue weighted by Crippen LogP contribution is -2.64. The predicted molar refractivity (Wildman–Crippen MR) is 87.9 cm³/mol. The fraction of sp³-hybridized carbons (Fsp3) is 0.562. The van der Waals surface area contributed by atoms with Crippen LogP contribution in [0.4, 0.5) is 10.5 Å². The molecule has 1 N–H and O–H groups in total. The van der Waals surface area contributed by atoms with Crippen LogP contribution >= 0.6 is 11.6 Å². The molecule has 1 saturated heterocycles. The molecule has 1 fully saturated rings. The van der Waals surface area contributed by atoms with Gasteiger partial charge in [-0.05, 0) is 39.8 Å². The molecular formula is C16H24ClN3O. The van der Waals surface area contributed by atoms with Gasteiger partial charge < -0.3 is 10.2 Å². The van der Waals surface area contributed by atoms with Crippen LogP contribution < -0.4 is 5.32 Å². The third kappa shape index (κ3) is 3.69. The third-order valence-electron chi connectivity index (χ3n) is 3.88. The number of halogens is 1. The largest absolute Gasteiger partial charge is 0.321 e. The molecule has 0 unspecified atom stereocenters. The molecule has 0 spiro atoms. The summed E-state index contributed by atoms with van der Waals surface area (Å²) in [4.78, 5) is 16.5. The Morgan fingerprint density at radius 1 is 1.24 bits per heavy atom. The highest BCUT2D eigenvalue weighted by Crippen LogP contribution is 2.24. The van der Waals surface area contributed by atoms with Gasteiger partial charge in [0.25, 0.3) is 0 Å². The molecule has 21 heavy (non-hydrogen) atoms. The number of carbonyl (C=O) groups excluding carboxylic acids is 1. The first-order valence-corrected chi connectivity index (χ1v) is 7.85. The predicted octanol–water partition coefficient (Wildman–Crippen LogP) is 3.67. The Bertz CT molecular complexity index is 490. The summed E-state index contributed by atoms with van der Waals surface area (Å²) in [5, 5.41) is 3.43. The maximum absolute atomic E-state index is 12.2. The molecule has 1 aliphatic heterocycles. The van der Waals surface area contributed by atoms with Gasteiger partial charge in [0.2, 0.25) is 0 Å². The molecule has 1 aliphatic rings. The van der Waals surface area contributed by atoms with E-state index in [4.69, 9.17) is 11.6 Å². The lowest BCUT2D eigenvalue weighted by atomic mass is 10.0. The maximum Gasteiger partial charge on any atom is 0.321 e. The highest BCUT2D eigenvalue weighted by molar-refractivity contribution is 6.33. The van der Waals surface area contributed by atoms with E-state index in [9.17, 15) is 4.79 Å². The summed E-state index contributed by atoms with van der Waals surface area (Å²) in [5.74, 6) is 0. The van der Waals surface area contributed by atoms with Crippen LogP contribution in [0.1, 0.15) is 27.7 Å². The summed E-state index contributed by atoms with van der Waals surface area (Å²) in [5.41, 5.74) is 0.664. The van der Waals surface area contributed by atoms with Crippen molar-refractivity contribution >= 4 is 23.3 Å². The quantitative estimate of drug-likeness (QED) is 0.921. The SMILES string of the molecule is CC(C)N(C(C)C)C1CN(C(=O)Nc2ccccc2Cl)C1. The van der Waals surface area contributed by atoms with Crippen molar-refractivity contribution in [2.75, 3.05) is 18.4 Å². The van der Waals surface area contributed by atoms with Gasteiger partial charge in [0.15, 0.2) is 0 Å². The summed E-state index contributed by atoms with van der Waals surface area (Å²) < 4.78 is 0. The van der Waals surface area contributed by atoms with Crippen molar-refractivity contribution in [2.45, 2.75) is 45.8 Å². The van der Waals surface area contributed by atoms with Crippen molar-refractivity contribution < 1.29 is 4.79 Å². The topological polar surface area (TPSA) is 35.6 Å². The molecule has 0 radical (unpaired) electrons. The van der Waals surface area contributed by atoms with Crippen molar-refractivity contribution in [1.82, 2.24) is 9.80 Å². The van der Waals surface area contributed by atoms with Crippen LogP contribution in [-0.4, -0.2) is 47.0 Å². The minimum Gasteiger partial charge on any atom is -0.321 e. The van der Waals surface area contributed by atoms with E-state index in [1.165, 1.54) is 0 Å². The van der Waals surface area contributed by atoms with E-state index in [2.05, 4.69) is 37.9 Å². The first-order chi connectivity index (χ1) is 9.90. The van der Waals surface area contributed by atoms with Gasteiger partial charge in [0.05, 0.1) is 10.7 Å². The molecule has 1 aromatic rings. The normalized spacial score (nSPS) is 15.7. The Morgan fingerprint density at radius 3 is 2.33 bits per heavy atom. The van der Waals surface area contributed by atoms with E-state index in [0.29, 0.717) is 28.8 Å². The van der Waals surface area contributed by atoms with Crippen LogP contribution in [0.15, 0.2) is 24.3 Å². The van der Waals surface area contributed by atoms with Gasteiger partial charge in [-0.2, -0.15) is 0 Å². The van der Waals surface area contributed by atoms with Gasteiger partial charge in [0, 0.05) is 31.2 Å². The number of rotatable bonds is 4. The molecule has 4 nitrogen and oxygen atoms in total. The molecule has 0 atom stereocenters. The number of amides is 2. The van der Waals surface area contributed by atoms with E-state index in [1.54, 1.807) is 6.07 Å². The van der Waals surface area contributed by atoms with Crippen molar-refractivity contribution in [3.63, 3.8) is 0 Å². The highest BCUT2D eigenvalue weighted by atomic mass is 35.5. The fourth-order valence-corrected chi connectivity index (χ4v) is 3.19. The van der Waals surface area contributed by atoms with Gasteiger partial charge in [-0.25, -0.2) is 4.79 Å². The maximum atomic E-state index is 12.2. The molecule has 0 bridgehead atoms. The molecule has 1 aromatic carbocycles. The van der Waals surface area contributed by atoms with Crippen molar-refractivity contribution in [3.05, 3.63) is 29.3 Å². The molecule has 2 amide bonds. The smallest absolute Gasteiger partial charge is 0.321 e. The summed E-state index contributed by atoms with van der Waals surface area (Å²) in [7, 11) is 0. The number of para-hydroxylation sites is 1. The average molecular weight is 310 g/mol. The van der Waals surface area contributed by atoms with E-state index in [-0.39, 0.29) is 6.03 Å². The summed E-state index contributed by atoms with van der Waals surface area (Å²) in [6.45, 7) is 10.3. The van der Waals surface area contributed by atoms with Gasteiger partial charge in [-0.3, -0.25) is 4.90 Å². The van der Waals surface area contributed by atoms with Crippen LogP contribution in [0, 0.1) is 0 Å². The Balaban J connectivity index is 1.89. The summed E-state index contributed by atoms with van der Waals surface area (Å²) in [6.07, 6.45) is 0. The molecule has 1 heterocycles. The zero-order chi connectivity index (χ0) is 15.6. The Hall–Kier alpha value is -1.26. The third-order valence-corrected chi connectivity index (χ3v) is 4.21. The number of nitrogens with zero attached hydrogens (tertiary/aromatic N) is 2. The highest BCUT2D eigenvalue weighted by Gasteiger charge is 2.37. The summed E-state index contributed by atoms with van der Waals surface area (Å²) >= 11 is 6.05. The number of anilines is 1. The van der Waals surface area contributed by atoms with E-state index in [0.717, 1.165) is 13.1 Å². The molecule has 0 saturated carbocycles. The van der Waals surface area contributed by atoms with Crippen LogP contribution in [-0.2, 0) is 0 Å². The number of hydrogen-bond acceptors (Lipinski definition) is 2. The van der Waals surface area contributed by atoms with Crippen LogP contribution in [0.2, 0.25) is 5.02 Å². The van der Waals surface area contributed by atoms with E-state index in [1.807, 2.05) is 23.1 Å². The number of hydrogen-bond donors (Lipinski definition) is 1.